The van der Waals surface area contributed by atoms with E-state index < -0.39 is 0 Å². The van der Waals surface area contributed by atoms with E-state index in [-0.39, 0.29) is 11.5 Å². The molecule has 5 rings (SSSR count). The first-order valence-corrected chi connectivity index (χ1v) is 11.3. The van der Waals surface area contributed by atoms with Crippen LogP contribution in [0, 0.1) is 0 Å². The molecule has 0 bridgehead atoms. The van der Waals surface area contributed by atoms with Crippen LogP contribution in [0.5, 0.6) is 0 Å². The summed E-state index contributed by atoms with van der Waals surface area (Å²) in [6, 6.07) is 15.4. The molecule has 0 spiro atoms. The van der Waals surface area contributed by atoms with Gasteiger partial charge in [0.2, 0.25) is 5.91 Å². The van der Waals surface area contributed by atoms with Gasteiger partial charge in [-0.05, 0) is 55.8 Å². The number of hydrogen-bond acceptors (Lipinski definition) is 6. The number of nitrogens with one attached hydrogen (secondary N) is 1. The van der Waals surface area contributed by atoms with E-state index in [1.807, 2.05) is 18.2 Å². The highest BCUT2D eigenvalue weighted by molar-refractivity contribution is 7.18. The fourth-order valence-electron chi connectivity index (χ4n) is 4.29. The third kappa shape index (κ3) is 4.24. The molecule has 1 N–H and O–H groups in total. The molecule has 31 heavy (non-hydrogen) atoms. The molecule has 0 unspecified atom stereocenters. The molecule has 0 aliphatic carbocycles. The van der Waals surface area contributed by atoms with Crippen molar-refractivity contribution in [3.63, 3.8) is 0 Å². The average Bonchev–Trinajstić information content (AvgIpc) is 3.18. The van der Waals surface area contributed by atoms with Gasteiger partial charge in [0, 0.05) is 42.6 Å². The number of aromatic nitrogens is 1. The van der Waals surface area contributed by atoms with Crippen LogP contribution in [0.15, 0.2) is 57.7 Å². The van der Waals surface area contributed by atoms with Gasteiger partial charge in [0.1, 0.15) is 5.58 Å². The van der Waals surface area contributed by atoms with Gasteiger partial charge >= 0.3 is 5.63 Å². The van der Waals surface area contributed by atoms with E-state index in [1.54, 1.807) is 23.5 Å². The number of rotatable bonds is 4. The van der Waals surface area contributed by atoms with Crippen molar-refractivity contribution in [1.29, 1.82) is 0 Å². The van der Waals surface area contributed by atoms with Crippen molar-refractivity contribution >= 4 is 44.1 Å². The van der Waals surface area contributed by atoms with Gasteiger partial charge in [0.05, 0.1) is 15.2 Å². The fourth-order valence-corrected chi connectivity index (χ4v) is 5.42. The molecule has 1 saturated heterocycles. The van der Waals surface area contributed by atoms with E-state index in [1.165, 1.54) is 16.6 Å². The van der Waals surface area contributed by atoms with Crippen LogP contribution in [0.4, 0.5) is 5.69 Å². The molecule has 3 heterocycles. The van der Waals surface area contributed by atoms with Crippen LogP contribution in [0.1, 0.15) is 36.3 Å². The van der Waals surface area contributed by atoms with Crippen molar-refractivity contribution in [3.8, 4) is 0 Å². The van der Waals surface area contributed by atoms with Crippen molar-refractivity contribution in [2.45, 2.75) is 32.2 Å². The second kappa shape index (κ2) is 8.24. The molecule has 0 saturated carbocycles. The summed E-state index contributed by atoms with van der Waals surface area (Å²) in [5, 5.41) is 4.87. The molecule has 2 aromatic heterocycles. The Hall–Kier alpha value is -3.03. The van der Waals surface area contributed by atoms with Crippen LogP contribution < -0.4 is 10.9 Å². The third-order valence-corrected chi connectivity index (χ3v) is 6.99. The molecule has 1 aliphatic rings. The first-order valence-electron chi connectivity index (χ1n) is 10.5. The van der Waals surface area contributed by atoms with Gasteiger partial charge in [0.25, 0.3) is 0 Å². The number of carbonyl (C=O) groups excluding carboxylic acids is 1. The van der Waals surface area contributed by atoms with Gasteiger partial charge in [-0.2, -0.15) is 0 Å². The first-order chi connectivity index (χ1) is 15.0. The summed E-state index contributed by atoms with van der Waals surface area (Å²) >= 11 is 1.81. The summed E-state index contributed by atoms with van der Waals surface area (Å²) in [5.74, 6) is 0.334. The predicted octanol–water partition coefficient (Wildman–Crippen LogP) is 4.74. The number of thiazole rings is 1. The SMILES string of the molecule is CC(=O)Nc1ccc2c(CN3CCC(c4nc5ccccc5s4)CC3)cc(=O)oc2c1. The average molecular weight is 434 g/mol. The van der Waals surface area contributed by atoms with E-state index in [9.17, 15) is 9.59 Å². The maximum absolute atomic E-state index is 12.1. The number of nitrogens with zero attached hydrogens (tertiary/aromatic N) is 2. The maximum Gasteiger partial charge on any atom is 0.336 e. The molecule has 0 atom stereocenters. The van der Waals surface area contributed by atoms with Gasteiger partial charge in [-0.1, -0.05) is 12.1 Å². The van der Waals surface area contributed by atoms with E-state index in [0.717, 1.165) is 42.4 Å². The van der Waals surface area contributed by atoms with Crippen LogP contribution in [0.2, 0.25) is 0 Å². The van der Waals surface area contributed by atoms with E-state index in [2.05, 4.69) is 28.4 Å². The summed E-state index contributed by atoms with van der Waals surface area (Å²) in [6.07, 6.45) is 2.12. The van der Waals surface area contributed by atoms with Crippen LogP contribution in [-0.2, 0) is 11.3 Å². The monoisotopic (exact) mass is 433 g/mol. The van der Waals surface area contributed by atoms with Crippen LogP contribution >= 0.6 is 11.3 Å². The predicted molar refractivity (Wildman–Crippen MR) is 124 cm³/mol. The Labute approximate surface area is 183 Å². The highest BCUT2D eigenvalue weighted by Gasteiger charge is 2.24. The van der Waals surface area contributed by atoms with Crippen molar-refractivity contribution in [2.75, 3.05) is 18.4 Å². The Kier molecular flexibility index (Phi) is 5.29. The summed E-state index contributed by atoms with van der Waals surface area (Å²) in [6.45, 7) is 4.08. The summed E-state index contributed by atoms with van der Waals surface area (Å²) in [4.78, 5) is 30.7. The van der Waals surface area contributed by atoms with Gasteiger partial charge in [-0.15, -0.1) is 11.3 Å². The van der Waals surface area contributed by atoms with Gasteiger partial charge < -0.3 is 9.73 Å². The zero-order valence-corrected chi connectivity index (χ0v) is 18.1. The third-order valence-electron chi connectivity index (χ3n) is 5.79. The molecule has 1 aliphatic heterocycles. The van der Waals surface area contributed by atoms with Crippen molar-refractivity contribution in [2.24, 2.45) is 0 Å². The lowest BCUT2D eigenvalue weighted by Gasteiger charge is -2.31. The standard InChI is InChI=1S/C24H23N3O3S/c1-15(28)25-18-6-7-19-17(12-23(29)30-21(19)13-18)14-27-10-8-16(9-11-27)24-26-20-4-2-3-5-22(20)31-24/h2-7,12-13,16H,8-11,14H2,1H3,(H,25,28). The van der Waals surface area contributed by atoms with Crippen LogP contribution in [0.3, 0.4) is 0 Å². The molecule has 0 radical (unpaired) electrons. The second-order valence-electron chi connectivity index (χ2n) is 8.05. The number of piperidine rings is 1. The highest BCUT2D eigenvalue weighted by atomic mass is 32.1. The molecule has 6 nitrogen and oxygen atoms in total. The van der Waals surface area contributed by atoms with Crippen molar-refractivity contribution < 1.29 is 9.21 Å². The Morgan fingerprint density at radius 2 is 2.00 bits per heavy atom. The van der Waals surface area contributed by atoms with Gasteiger partial charge in [-0.25, -0.2) is 9.78 Å². The number of hydrogen-bond donors (Lipinski definition) is 1. The Morgan fingerprint density at radius 1 is 1.19 bits per heavy atom. The number of fused-ring (bicyclic) bond motifs is 2. The van der Waals surface area contributed by atoms with Gasteiger partial charge in [0.15, 0.2) is 0 Å². The number of carbonyl (C=O) groups is 1. The summed E-state index contributed by atoms with van der Waals surface area (Å²) in [7, 11) is 0. The number of para-hydroxylation sites is 1. The summed E-state index contributed by atoms with van der Waals surface area (Å²) < 4.78 is 6.64. The van der Waals surface area contributed by atoms with Crippen molar-refractivity contribution in [3.05, 3.63) is 69.5 Å². The fraction of sp³-hybridized carbons (Fsp3) is 0.292. The smallest absolute Gasteiger partial charge is 0.336 e. The molecular formula is C24H23N3O3S. The maximum atomic E-state index is 12.1. The zero-order valence-electron chi connectivity index (χ0n) is 17.3. The minimum atomic E-state index is -0.369. The number of benzene rings is 2. The second-order valence-corrected chi connectivity index (χ2v) is 9.12. The lowest BCUT2D eigenvalue weighted by atomic mass is 9.97. The minimum Gasteiger partial charge on any atom is -0.423 e. The normalized spacial score (nSPS) is 15.5. The molecular weight excluding hydrogens is 410 g/mol. The zero-order chi connectivity index (χ0) is 21.4. The number of anilines is 1. The molecule has 7 heteroatoms. The Balaban J connectivity index is 1.31. The lowest BCUT2D eigenvalue weighted by molar-refractivity contribution is -0.114. The van der Waals surface area contributed by atoms with Gasteiger partial charge in [-0.3, -0.25) is 9.69 Å². The first kappa shape index (κ1) is 19.9. The molecule has 4 aromatic rings. The largest absolute Gasteiger partial charge is 0.423 e. The molecule has 1 fully saturated rings. The quantitative estimate of drug-likeness (QED) is 0.471. The minimum absolute atomic E-state index is 0.158. The van der Waals surface area contributed by atoms with E-state index in [4.69, 9.17) is 9.40 Å². The Morgan fingerprint density at radius 3 is 2.77 bits per heavy atom. The number of likely N-dealkylation sites (tertiary alicyclic amines) is 1. The lowest BCUT2D eigenvalue weighted by Crippen LogP contribution is -2.32. The molecule has 1 amide bonds. The molecule has 158 valence electrons. The molecule has 2 aromatic carbocycles. The van der Waals surface area contributed by atoms with E-state index in [0.29, 0.717) is 23.7 Å². The Bertz CT molecular complexity index is 1290. The topological polar surface area (TPSA) is 75.4 Å². The van der Waals surface area contributed by atoms with Crippen molar-refractivity contribution in [1.82, 2.24) is 9.88 Å². The summed E-state index contributed by atoms with van der Waals surface area (Å²) in [5.41, 5.74) is 2.80. The van der Waals surface area contributed by atoms with Crippen LogP contribution in [-0.4, -0.2) is 28.9 Å². The van der Waals surface area contributed by atoms with Crippen LogP contribution in [0.25, 0.3) is 21.2 Å². The highest BCUT2D eigenvalue weighted by Crippen LogP contribution is 2.34. The van der Waals surface area contributed by atoms with E-state index >= 15 is 0 Å². The number of amides is 1.